The van der Waals surface area contributed by atoms with Crippen LogP contribution in [-0.2, 0) is 11.3 Å². The highest BCUT2D eigenvalue weighted by Crippen LogP contribution is 2.20. The van der Waals surface area contributed by atoms with E-state index in [-0.39, 0.29) is 12.3 Å². The Balaban J connectivity index is 1.51. The molecule has 1 aromatic carbocycles. The van der Waals surface area contributed by atoms with Gasteiger partial charge in [0.25, 0.3) is 0 Å². The van der Waals surface area contributed by atoms with Crippen molar-refractivity contribution in [3.8, 4) is 17.6 Å². The van der Waals surface area contributed by atoms with Crippen LogP contribution in [0, 0.1) is 11.3 Å². The standard InChI is InChI=1S/C18H22N4O4/c1-23-14-2-4-15(5-3-14)25-13-17-21-16(12-19)18(26-17)20-6-7-22-8-10-24-11-9-22/h2-5,20H,6-11,13H2,1H3/p+1. The van der Waals surface area contributed by atoms with E-state index in [0.717, 1.165) is 38.6 Å². The van der Waals surface area contributed by atoms with Crippen molar-refractivity contribution < 1.29 is 23.5 Å². The third kappa shape index (κ3) is 4.88. The average molecular weight is 359 g/mol. The van der Waals surface area contributed by atoms with Crippen molar-refractivity contribution in [3.63, 3.8) is 0 Å². The quantitative estimate of drug-likeness (QED) is 0.707. The Morgan fingerprint density at radius 3 is 2.65 bits per heavy atom. The molecule has 2 aromatic rings. The third-order valence-electron chi connectivity index (χ3n) is 4.16. The van der Waals surface area contributed by atoms with Crippen LogP contribution in [0.15, 0.2) is 28.7 Å². The van der Waals surface area contributed by atoms with E-state index in [9.17, 15) is 5.26 Å². The Hall–Kier alpha value is -2.76. The summed E-state index contributed by atoms with van der Waals surface area (Å²) in [7, 11) is 1.61. The predicted octanol–water partition coefficient (Wildman–Crippen LogP) is 0.461. The van der Waals surface area contributed by atoms with Crippen molar-refractivity contribution in [2.45, 2.75) is 6.61 Å². The second-order valence-electron chi connectivity index (χ2n) is 5.90. The average Bonchev–Trinajstić information content (AvgIpc) is 3.10. The fourth-order valence-corrected chi connectivity index (χ4v) is 2.70. The molecule has 8 heteroatoms. The van der Waals surface area contributed by atoms with Crippen LogP contribution in [0.1, 0.15) is 11.6 Å². The second kappa shape index (κ2) is 9.08. The molecule has 0 spiro atoms. The van der Waals surface area contributed by atoms with Gasteiger partial charge in [-0.1, -0.05) is 0 Å². The number of methoxy groups -OCH3 is 1. The smallest absolute Gasteiger partial charge is 0.236 e. The Labute approximate surface area is 152 Å². The van der Waals surface area contributed by atoms with E-state index in [1.165, 1.54) is 4.90 Å². The number of aromatic nitrogens is 1. The molecule has 2 N–H and O–H groups in total. The van der Waals surface area contributed by atoms with Crippen molar-refractivity contribution in [2.75, 3.05) is 51.8 Å². The van der Waals surface area contributed by atoms with Crippen molar-refractivity contribution in [2.24, 2.45) is 0 Å². The van der Waals surface area contributed by atoms with Crippen LogP contribution < -0.4 is 19.7 Å². The lowest BCUT2D eigenvalue weighted by molar-refractivity contribution is -0.906. The van der Waals surface area contributed by atoms with Gasteiger partial charge in [0.1, 0.15) is 30.7 Å². The Bertz CT molecular complexity index is 733. The molecule has 1 saturated heterocycles. The summed E-state index contributed by atoms with van der Waals surface area (Å²) in [4.78, 5) is 5.65. The number of nitrogens with zero attached hydrogens (tertiary/aromatic N) is 2. The van der Waals surface area contributed by atoms with Gasteiger partial charge < -0.3 is 28.8 Å². The van der Waals surface area contributed by atoms with Crippen LogP contribution in [0.2, 0.25) is 0 Å². The van der Waals surface area contributed by atoms with E-state index >= 15 is 0 Å². The number of hydrogen-bond donors (Lipinski definition) is 2. The Kier molecular flexibility index (Phi) is 6.30. The molecule has 1 aliphatic rings. The SMILES string of the molecule is COc1ccc(OCc2nc(C#N)c(NCC[NH+]3CCOCC3)o2)cc1. The number of oxazole rings is 1. The highest BCUT2D eigenvalue weighted by Gasteiger charge is 2.16. The lowest BCUT2D eigenvalue weighted by atomic mass is 10.3. The molecule has 0 atom stereocenters. The molecule has 0 bridgehead atoms. The van der Waals surface area contributed by atoms with E-state index in [1.807, 2.05) is 12.1 Å². The van der Waals surface area contributed by atoms with Gasteiger partial charge in [0, 0.05) is 0 Å². The third-order valence-corrected chi connectivity index (χ3v) is 4.16. The van der Waals surface area contributed by atoms with Crippen molar-refractivity contribution in [3.05, 3.63) is 35.9 Å². The number of morpholine rings is 1. The van der Waals surface area contributed by atoms with Gasteiger partial charge in [-0.05, 0) is 24.3 Å². The van der Waals surface area contributed by atoms with Gasteiger partial charge in [0.05, 0.1) is 33.4 Å². The zero-order chi connectivity index (χ0) is 18.2. The number of benzene rings is 1. The summed E-state index contributed by atoms with van der Waals surface area (Å²) in [6, 6.07) is 9.28. The first kappa shape index (κ1) is 18.0. The minimum Gasteiger partial charge on any atom is -0.497 e. The van der Waals surface area contributed by atoms with E-state index in [1.54, 1.807) is 19.2 Å². The van der Waals surface area contributed by atoms with Crippen molar-refractivity contribution >= 4 is 5.88 Å². The van der Waals surface area contributed by atoms with Gasteiger partial charge in [-0.3, -0.25) is 0 Å². The summed E-state index contributed by atoms with van der Waals surface area (Å²) < 4.78 is 21.7. The maximum Gasteiger partial charge on any atom is 0.236 e. The van der Waals surface area contributed by atoms with Crippen LogP contribution in [0.25, 0.3) is 0 Å². The molecular weight excluding hydrogens is 336 g/mol. The minimum atomic E-state index is 0.150. The molecule has 3 rings (SSSR count). The predicted molar refractivity (Wildman–Crippen MR) is 93.4 cm³/mol. The number of nitriles is 1. The Morgan fingerprint density at radius 2 is 1.96 bits per heavy atom. The molecule has 1 fully saturated rings. The van der Waals surface area contributed by atoms with Gasteiger partial charge in [-0.15, -0.1) is 0 Å². The molecule has 8 nitrogen and oxygen atoms in total. The van der Waals surface area contributed by atoms with Crippen LogP contribution in [0.3, 0.4) is 0 Å². The minimum absolute atomic E-state index is 0.150. The summed E-state index contributed by atoms with van der Waals surface area (Å²) >= 11 is 0. The summed E-state index contributed by atoms with van der Waals surface area (Å²) in [6.45, 7) is 5.40. The molecular formula is C18H23N4O4+. The lowest BCUT2D eigenvalue weighted by Gasteiger charge is -2.23. The molecule has 26 heavy (non-hydrogen) atoms. The van der Waals surface area contributed by atoms with Gasteiger partial charge in [-0.25, -0.2) is 0 Å². The number of ether oxygens (including phenoxy) is 3. The highest BCUT2D eigenvalue weighted by atomic mass is 16.5. The zero-order valence-electron chi connectivity index (χ0n) is 14.8. The summed E-state index contributed by atoms with van der Waals surface area (Å²) in [5.41, 5.74) is 0.246. The van der Waals surface area contributed by atoms with Crippen LogP contribution in [0.5, 0.6) is 11.5 Å². The summed E-state index contributed by atoms with van der Waals surface area (Å²) in [6.07, 6.45) is 0. The molecule has 0 amide bonds. The largest absolute Gasteiger partial charge is 0.497 e. The van der Waals surface area contributed by atoms with Crippen molar-refractivity contribution in [1.82, 2.24) is 4.98 Å². The van der Waals surface area contributed by atoms with Crippen LogP contribution in [-0.4, -0.2) is 51.5 Å². The van der Waals surface area contributed by atoms with E-state index in [4.69, 9.17) is 18.6 Å². The molecule has 2 heterocycles. The normalized spacial score (nSPS) is 14.6. The van der Waals surface area contributed by atoms with Crippen LogP contribution in [0.4, 0.5) is 5.88 Å². The number of nitrogens with one attached hydrogen (secondary N) is 2. The molecule has 0 radical (unpaired) electrons. The first-order valence-corrected chi connectivity index (χ1v) is 8.60. The van der Waals surface area contributed by atoms with E-state index < -0.39 is 0 Å². The number of quaternary nitrogens is 1. The maximum absolute atomic E-state index is 9.23. The Morgan fingerprint density at radius 1 is 1.23 bits per heavy atom. The fourth-order valence-electron chi connectivity index (χ4n) is 2.70. The molecule has 0 unspecified atom stereocenters. The van der Waals surface area contributed by atoms with Gasteiger partial charge >= 0.3 is 0 Å². The lowest BCUT2D eigenvalue weighted by Crippen LogP contribution is -3.14. The molecule has 0 aliphatic carbocycles. The molecule has 1 aromatic heterocycles. The summed E-state index contributed by atoms with van der Waals surface area (Å²) in [5.74, 6) is 2.19. The first-order chi connectivity index (χ1) is 12.8. The van der Waals surface area contributed by atoms with Gasteiger partial charge in [-0.2, -0.15) is 10.2 Å². The number of hydrogen-bond acceptors (Lipinski definition) is 7. The molecule has 138 valence electrons. The summed E-state index contributed by atoms with van der Waals surface area (Å²) in [5, 5.41) is 12.4. The highest BCUT2D eigenvalue weighted by molar-refractivity contribution is 5.45. The monoisotopic (exact) mass is 359 g/mol. The maximum atomic E-state index is 9.23. The number of rotatable bonds is 8. The first-order valence-electron chi connectivity index (χ1n) is 8.60. The zero-order valence-corrected chi connectivity index (χ0v) is 14.8. The van der Waals surface area contributed by atoms with E-state index in [2.05, 4.69) is 16.4 Å². The van der Waals surface area contributed by atoms with Gasteiger partial charge in [0.2, 0.25) is 17.5 Å². The molecule has 0 saturated carbocycles. The second-order valence-corrected chi connectivity index (χ2v) is 5.90. The number of anilines is 1. The van der Waals surface area contributed by atoms with Gasteiger partial charge in [0.15, 0.2) is 6.61 Å². The van der Waals surface area contributed by atoms with Crippen molar-refractivity contribution in [1.29, 1.82) is 5.26 Å². The van der Waals surface area contributed by atoms with Crippen LogP contribution >= 0.6 is 0 Å². The molecule has 1 aliphatic heterocycles. The fraction of sp³-hybridized carbons (Fsp3) is 0.444. The van der Waals surface area contributed by atoms with E-state index in [0.29, 0.717) is 24.1 Å². The topological polar surface area (TPSA) is 94.0 Å².